The van der Waals surface area contributed by atoms with Crippen molar-refractivity contribution in [2.24, 2.45) is 0 Å². The number of rotatable bonds is 0. The first-order valence-corrected chi connectivity index (χ1v) is 3.89. The van der Waals surface area contributed by atoms with Crippen LogP contribution in [0.1, 0.15) is 26.3 Å². The topological polar surface area (TPSA) is 17.8 Å². The lowest BCUT2D eigenvalue weighted by Gasteiger charge is -1.76. The number of hydrogen-bond donors (Lipinski definition) is 1. The first-order chi connectivity index (χ1) is 5.33. The quantitative estimate of drug-likeness (QED) is 0.463. The van der Waals surface area contributed by atoms with Crippen LogP contribution in [0.5, 0.6) is 0 Å². The maximum absolute atomic E-state index is 3.94. The van der Waals surface area contributed by atoms with Crippen LogP contribution in [0.2, 0.25) is 0 Å². The van der Waals surface area contributed by atoms with E-state index in [9.17, 15) is 0 Å². The van der Waals surface area contributed by atoms with Gasteiger partial charge in [0, 0.05) is 0 Å². The van der Waals surface area contributed by atoms with E-state index >= 15 is 0 Å². The van der Waals surface area contributed by atoms with Crippen molar-refractivity contribution < 1.29 is 0 Å². The second-order valence-corrected chi connectivity index (χ2v) is 1.93. The number of hydrogen-bond acceptors (Lipinski definition) is 2. The van der Waals surface area contributed by atoms with Crippen LogP contribution in [0.4, 0.5) is 0 Å². The molecule has 11 heavy (non-hydrogen) atoms. The summed E-state index contributed by atoms with van der Waals surface area (Å²) in [5, 5.41) is 3.81. The van der Waals surface area contributed by atoms with Crippen LogP contribution in [-0.4, -0.2) is 9.19 Å². The van der Waals surface area contributed by atoms with E-state index in [1.165, 1.54) is 4.09 Å². The number of aromatic nitrogens is 2. The van der Waals surface area contributed by atoms with Crippen LogP contribution in [0.3, 0.4) is 0 Å². The summed E-state index contributed by atoms with van der Waals surface area (Å²) in [7, 11) is 0. The standard InChI is InChI=1S/C6H6N2S.C2H6/c1-2-3-6-4-7-8(9)5-6;1-2/h4-5,9H,1H3;1-2H3. The van der Waals surface area contributed by atoms with Crippen molar-refractivity contribution in [3.8, 4) is 11.8 Å². The van der Waals surface area contributed by atoms with E-state index in [0.29, 0.717) is 0 Å². The van der Waals surface area contributed by atoms with Crippen molar-refractivity contribution in [3.05, 3.63) is 18.0 Å². The Bertz CT molecular complexity index is 255. The zero-order valence-corrected chi connectivity index (χ0v) is 7.89. The first kappa shape index (κ1) is 10.1. The van der Waals surface area contributed by atoms with Crippen LogP contribution in [-0.2, 0) is 0 Å². The molecule has 1 aromatic heterocycles. The molecule has 1 rings (SSSR count). The SMILES string of the molecule is CC.CC#Cc1cnn(S)c1. The van der Waals surface area contributed by atoms with Crippen LogP contribution in [0, 0.1) is 11.8 Å². The molecule has 60 valence electrons. The highest BCUT2D eigenvalue weighted by Crippen LogP contribution is 1.94. The average Bonchev–Trinajstić information content (AvgIpc) is 2.41. The third kappa shape index (κ3) is 3.74. The van der Waals surface area contributed by atoms with Crippen molar-refractivity contribution in [1.29, 1.82) is 0 Å². The van der Waals surface area contributed by atoms with Crippen LogP contribution in [0.15, 0.2) is 12.4 Å². The van der Waals surface area contributed by atoms with E-state index in [-0.39, 0.29) is 0 Å². The Morgan fingerprint density at radius 1 is 1.55 bits per heavy atom. The highest BCUT2D eigenvalue weighted by Gasteiger charge is 1.87. The van der Waals surface area contributed by atoms with Gasteiger partial charge in [-0.05, 0) is 19.7 Å². The van der Waals surface area contributed by atoms with Gasteiger partial charge in [0.25, 0.3) is 0 Å². The predicted molar refractivity (Wildman–Crippen MR) is 50.5 cm³/mol. The molecule has 0 saturated heterocycles. The molecule has 0 bridgehead atoms. The highest BCUT2D eigenvalue weighted by atomic mass is 32.1. The van der Waals surface area contributed by atoms with Gasteiger partial charge >= 0.3 is 0 Å². The summed E-state index contributed by atoms with van der Waals surface area (Å²) in [6.07, 6.45) is 3.42. The predicted octanol–water partition coefficient (Wildman–Crippen LogP) is 1.97. The number of nitrogens with zero attached hydrogens (tertiary/aromatic N) is 2. The van der Waals surface area contributed by atoms with Gasteiger partial charge in [0.1, 0.15) is 0 Å². The van der Waals surface area contributed by atoms with Gasteiger partial charge in [-0.2, -0.15) is 5.10 Å². The fourth-order valence-corrected chi connectivity index (χ4v) is 0.697. The van der Waals surface area contributed by atoms with Gasteiger partial charge < -0.3 is 0 Å². The van der Waals surface area contributed by atoms with E-state index in [1.807, 2.05) is 13.8 Å². The Hall–Kier alpha value is -0.880. The van der Waals surface area contributed by atoms with Gasteiger partial charge in [-0.15, -0.1) is 5.92 Å². The van der Waals surface area contributed by atoms with Crippen molar-refractivity contribution in [2.45, 2.75) is 20.8 Å². The number of thiol groups is 1. The molecule has 3 heteroatoms. The summed E-state index contributed by atoms with van der Waals surface area (Å²) in [5.41, 5.74) is 0.896. The van der Waals surface area contributed by atoms with Gasteiger partial charge in [0.05, 0.1) is 18.0 Å². The minimum absolute atomic E-state index is 0.896. The zero-order valence-electron chi connectivity index (χ0n) is 7.00. The molecule has 2 nitrogen and oxygen atoms in total. The minimum Gasteiger partial charge on any atom is -0.216 e. The fraction of sp³-hybridized carbons (Fsp3) is 0.375. The lowest BCUT2D eigenvalue weighted by molar-refractivity contribution is 1.02. The molecule has 0 fully saturated rings. The molecule has 0 aliphatic carbocycles. The molecule has 0 aliphatic heterocycles. The zero-order chi connectivity index (χ0) is 8.69. The van der Waals surface area contributed by atoms with E-state index in [1.54, 1.807) is 19.3 Å². The summed E-state index contributed by atoms with van der Waals surface area (Å²) in [4.78, 5) is 0. The lowest BCUT2D eigenvalue weighted by Crippen LogP contribution is -1.74. The molecular formula is C8H12N2S. The molecule has 0 unspecified atom stereocenters. The highest BCUT2D eigenvalue weighted by molar-refractivity contribution is 7.78. The Labute approximate surface area is 73.2 Å². The maximum atomic E-state index is 3.94. The van der Waals surface area contributed by atoms with Crippen molar-refractivity contribution in [3.63, 3.8) is 0 Å². The second-order valence-electron chi connectivity index (χ2n) is 1.52. The third-order valence-electron chi connectivity index (χ3n) is 0.839. The normalized spacial score (nSPS) is 7.27. The van der Waals surface area contributed by atoms with Crippen molar-refractivity contribution in [2.75, 3.05) is 0 Å². The molecule has 0 N–H and O–H groups in total. The fourth-order valence-electron chi connectivity index (χ4n) is 0.521. The average molecular weight is 168 g/mol. The summed E-state index contributed by atoms with van der Waals surface area (Å²) in [5.74, 6) is 5.61. The smallest absolute Gasteiger partial charge is 0.0657 e. The third-order valence-corrected chi connectivity index (χ3v) is 1.06. The Balaban J connectivity index is 0.000000461. The Morgan fingerprint density at radius 3 is 2.55 bits per heavy atom. The molecule has 1 heterocycles. The molecule has 1 aromatic rings. The minimum atomic E-state index is 0.896. The molecule has 0 amide bonds. The molecule has 0 spiro atoms. The van der Waals surface area contributed by atoms with Crippen LogP contribution in [0.25, 0.3) is 0 Å². The maximum Gasteiger partial charge on any atom is 0.0657 e. The largest absolute Gasteiger partial charge is 0.216 e. The molecule has 0 atom stereocenters. The summed E-state index contributed by atoms with van der Waals surface area (Å²) in [6.45, 7) is 5.79. The van der Waals surface area contributed by atoms with E-state index in [2.05, 4.69) is 29.8 Å². The van der Waals surface area contributed by atoms with Gasteiger partial charge in [-0.25, -0.2) is 4.09 Å². The van der Waals surface area contributed by atoms with E-state index < -0.39 is 0 Å². The molecule has 0 aliphatic rings. The van der Waals surface area contributed by atoms with Crippen LogP contribution >= 0.6 is 12.8 Å². The summed E-state index contributed by atoms with van der Waals surface area (Å²) >= 11 is 3.94. The summed E-state index contributed by atoms with van der Waals surface area (Å²) < 4.78 is 1.43. The Kier molecular flexibility index (Phi) is 5.40. The van der Waals surface area contributed by atoms with Gasteiger partial charge in [0.2, 0.25) is 0 Å². The van der Waals surface area contributed by atoms with Crippen LogP contribution < -0.4 is 0 Å². The Morgan fingerprint density at radius 2 is 2.18 bits per heavy atom. The molecule has 0 radical (unpaired) electrons. The molecular weight excluding hydrogens is 156 g/mol. The van der Waals surface area contributed by atoms with E-state index in [4.69, 9.17) is 0 Å². The van der Waals surface area contributed by atoms with Gasteiger partial charge in [0.15, 0.2) is 0 Å². The first-order valence-electron chi connectivity index (χ1n) is 3.49. The van der Waals surface area contributed by atoms with Gasteiger partial charge in [-0.1, -0.05) is 19.8 Å². The monoisotopic (exact) mass is 168 g/mol. The van der Waals surface area contributed by atoms with Crippen molar-refractivity contribution >= 4 is 12.8 Å². The van der Waals surface area contributed by atoms with Crippen molar-refractivity contribution in [1.82, 2.24) is 9.19 Å². The lowest BCUT2D eigenvalue weighted by atomic mass is 10.4. The molecule has 0 aromatic carbocycles. The molecule has 0 saturated carbocycles. The van der Waals surface area contributed by atoms with E-state index in [0.717, 1.165) is 5.56 Å². The second kappa shape index (κ2) is 5.87. The summed E-state index contributed by atoms with van der Waals surface area (Å²) in [6, 6.07) is 0. The van der Waals surface area contributed by atoms with Gasteiger partial charge in [-0.3, -0.25) is 0 Å².